The summed E-state index contributed by atoms with van der Waals surface area (Å²) in [4.78, 5) is 16.0. The van der Waals surface area contributed by atoms with Gasteiger partial charge in [0.2, 0.25) is 5.91 Å². The number of aromatic nitrogens is 1. The van der Waals surface area contributed by atoms with Crippen LogP contribution in [0.3, 0.4) is 0 Å². The molecule has 0 radical (unpaired) electrons. The molecule has 0 aliphatic heterocycles. The third-order valence-electron chi connectivity index (χ3n) is 3.26. The average Bonchev–Trinajstić information content (AvgIpc) is 3.02. The van der Waals surface area contributed by atoms with E-state index in [1.165, 1.54) is 16.9 Å². The molecule has 0 saturated heterocycles. The van der Waals surface area contributed by atoms with E-state index in [1.807, 2.05) is 41.8 Å². The number of carbonyl (C=O) groups is 1. The van der Waals surface area contributed by atoms with Crippen LogP contribution in [0, 0.1) is 0 Å². The third-order valence-corrected chi connectivity index (χ3v) is 4.07. The molecule has 3 nitrogen and oxygen atoms in total. The molecule has 0 unspecified atom stereocenters. The molecule has 0 aliphatic carbocycles. The molecule has 104 valence electrons. The molecule has 0 fully saturated rings. The highest BCUT2D eigenvalue weighted by atomic mass is 32.1. The molecule has 0 atom stereocenters. The number of amides is 1. The predicted octanol–water partition coefficient (Wildman–Crippen LogP) is 3.50. The van der Waals surface area contributed by atoms with E-state index in [-0.39, 0.29) is 0 Å². The van der Waals surface area contributed by atoms with Gasteiger partial charge in [-0.15, -0.1) is 11.3 Å². The van der Waals surface area contributed by atoms with Gasteiger partial charge in [-0.1, -0.05) is 42.5 Å². The Hall–Kier alpha value is -2.46. The summed E-state index contributed by atoms with van der Waals surface area (Å²) < 4.78 is 0. The summed E-state index contributed by atoms with van der Waals surface area (Å²) in [5.74, 6) is -0.421. The summed E-state index contributed by atoms with van der Waals surface area (Å²) >= 11 is 1.50. The molecule has 0 bridgehead atoms. The minimum atomic E-state index is -0.421. The van der Waals surface area contributed by atoms with Crippen LogP contribution in [0.1, 0.15) is 21.5 Å². The van der Waals surface area contributed by atoms with Gasteiger partial charge in [-0.25, -0.2) is 4.98 Å². The van der Waals surface area contributed by atoms with Crippen molar-refractivity contribution in [1.82, 2.24) is 4.98 Å². The molecular formula is C17H14N2OS. The minimum Gasteiger partial charge on any atom is -0.366 e. The molecule has 0 saturated carbocycles. The number of hydrogen-bond acceptors (Lipinski definition) is 3. The van der Waals surface area contributed by atoms with Crippen LogP contribution >= 0.6 is 11.3 Å². The van der Waals surface area contributed by atoms with Crippen molar-refractivity contribution in [1.29, 1.82) is 0 Å². The van der Waals surface area contributed by atoms with Gasteiger partial charge in [0.1, 0.15) is 5.01 Å². The van der Waals surface area contributed by atoms with Crippen molar-refractivity contribution in [3.05, 3.63) is 76.8 Å². The number of hydrogen-bond donors (Lipinski definition) is 1. The zero-order chi connectivity index (χ0) is 14.7. The number of primary amides is 1. The van der Waals surface area contributed by atoms with Crippen LogP contribution in [0.2, 0.25) is 0 Å². The monoisotopic (exact) mass is 294 g/mol. The maximum Gasteiger partial charge on any atom is 0.249 e. The summed E-state index contributed by atoms with van der Waals surface area (Å²) in [6, 6.07) is 16.0. The first kappa shape index (κ1) is 13.5. The SMILES string of the molecule is NC(=O)c1cc(Cc2ccccc2)ccc1-c1nccs1. The summed E-state index contributed by atoms with van der Waals surface area (Å²) in [5, 5.41) is 2.70. The number of nitrogens with two attached hydrogens (primary N) is 1. The van der Waals surface area contributed by atoms with Crippen molar-refractivity contribution in [3.63, 3.8) is 0 Å². The van der Waals surface area contributed by atoms with E-state index in [0.29, 0.717) is 5.56 Å². The van der Waals surface area contributed by atoms with E-state index >= 15 is 0 Å². The highest BCUT2D eigenvalue weighted by Gasteiger charge is 2.13. The zero-order valence-corrected chi connectivity index (χ0v) is 12.1. The summed E-state index contributed by atoms with van der Waals surface area (Å²) in [7, 11) is 0. The van der Waals surface area contributed by atoms with E-state index < -0.39 is 5.91 Å². The van der Waals surface area contributed by atoms with Crippen LogP contribution in [0.4, 0.5) is 0 Å². The van der Waals surface area contributed by atoms with E-state index in [4.69, 9.17) is 5.73 Å². The first-order valence-electron chi connectivity index (χ1n) is 6.60. The normalized spacial score (nSPS) is 10.5. The van der Waals surface area contributed by atoms with Crippen LogP contribution in [0.25, 0.3) is 10.6 Å². The van der Waals surface area contributed by atoms with Crippen molar-refractivity contribution < 1.29 is 4.79 Å². The van der Waals surface area contributed by atoms with Crippen LogP contribution in [-0.2, 0) is 6.42 Å². The van der Waals surface area contributed by atoms with Crippen molar-refractivity contribution in [2.75, 3.05) is 0 Å². The Kier molecular flexibility index (Phi) is 3.79. The lowest BCUT2D eigenvalue weighted by atomic mass is 9.99. The second kappa shape index (κ2) is 5.89. The van der Waals surface area contributed by atoms with Gasteiger partial charge < -0.3 is 5.73 Å². The fourth-order valence-electron chi connectivity index (χ4n) is 2.28. The van der Waals surface area contributed by atoms with E-state index in [0.717, 1.165) is 22.6 Å². The van der Waals surface area contributed by atoms with Gasteiger partial charge in [0, 0.05) is 22.7 Å². The fourth-order valence-corrected chi connectivity index (χ4v) is 2.96. The van der Waals surface area contributed by atoms with Crippen molar-refractivity contribution in [3.8, 4) is 10.6 Å². The Balaban J connectivity index is 1.98. The minimum absolute atomic E-state index is 0.421. The molecule has 1 amide bonds. The Morgan fingerprint density at radius 3 is 2.57 bits per heavy atom. The topological polar surface area (TPSA) is 56.0 Å². The largest absolute Gasteiger partial charge is 0.366 e. The Morgan fingerprint density at radius 2 is 1.90 bits per heavy atom. The van der Waals surface area contributed by atoms with Crippen molar-refractivity contribution in [2.45, 2.75) is 6.42 Å². The van der Waals surface area contributed by atoms with Gasteiger partial charge >= 0.3 is 0 Å². The van der Waals surface area contributed by atoms with Gasteiger partial charge in [0.15, 0.2) is 0 Å². The highest BCUT2D eigenvalue weighted by Crippen LogP contribution is 2.27. The van der Waals surface area contributed by atoms with E-state index in [2.05, 4.69) is 17.1 Å². The number of thiazole rings is 1. The molecule has 3 rings (SSSR count). The van der Waals surface area contributed by atoms with Crippen LogP contribution in [0.5, 0.6) is 0 Å². The molecule has 1 heterocycles. The Bertz CT molecular complexity index is 752. The third kappa shape index (κ3) is 3.01. The maximum atomic E-state index is 11.7. The molecule has 4 heteroatoms. The van der Waals surface area contributed by atoms with Crippen LogP contribution in [-0.4, -0.2) is 10.9 Å². The Labute approximate surface area is 127 Å². The highest BCUT2D eigenvalue weighted by molar-refractivity contribution is 7.13. The number of rotatable bonds is 4. The summed E-state index contributed by atoms with van der Waals surface area (Å²) in [6.45, 7) is 0. The Morgan fingerprint density at radius 1 is 1.10 bits per heavy atom. The average molecular weight is 294 g/mol. The van der Waals surface area contributed by atoms with Gasteiger partial charge in [-0.3, -0.25) is 4.79 Å². The summed E-state index contributed by atoms with van der Waals surface area (Å²) in [6.07, 6.45) is 2.50. The first-order chi connectivity index (χ1) is 10.2. The number of nitrogens with zero attached hydrogens (tertiary/aromatic N) is 1. The van der Waals surface area contributed by atoms with Crippen molar-refractivity contribution >= 4 is 17.2 Å². The number of carbonyl (C=O) groups excluding carboxylic acids is 1. The molecule has 0 spiro atoms. The first-order valence-corrected chi connectivity index (χ1v) is 7.48. The standard InChI is InChI=1S/C17H14N2OS/c18-16(20)15-11-13(10-12-4-2-1-3-5-12)6-7-14(15)17-19-8-9-21-17/h1-9,11H,10H2,(H2,18,20). The van der Waals surface area contributed by atoms with Crippen LogP contribution in [0.15, 0.2) is 60.1 Å². The van der Waals surface area contributed by atoms with Gasteiger partial charge in [-0.2, -0.15) is 0 Å². The van der Waals surface area contributed by atoms with Gasteiger partial charge in [0.25, 0.3) is 0 Å². The zero-order valence-electron chi connectivity index (χ0n) is 11.3. The molecule has 2 N–H and O–H groups in total. The molecule has 0 aliphatic rings. The van der Waals surface area contributed by atoms with E-state index in [1.54, 1.807) is 6.20 Å². The second-order valence-electron chi connectivity index (χ2n) is 4.74. The lowest BCUT2D eigenvalue weighted by Crippen LogP contribution is -2.13. The molecule has 1 aromatic heterocycles. The predicted molar refractivity (Wildman–Crippen MR) is 85.3 cm³/mol. The summed E-state index contributed by atoms with van der Waals surface area (Å²) in [5.41, 5.74) is 9.12. The van der Waals surface area contributed by atoms with Crippen molar-refractivity contribution in [2.24, 2.45) is 5.73 Å². The molecule has 3 aromatic rings. The van der Waals surface area contributed by atoms with Gasteiger partial charge in [0.05, 0.1) is 0 Å². The molecule has 21 heavy (non-hydrogen) atoms. The van der Waals surface area contributed by atoms with E-state index in [9.17, 15) is 4.79 Å². The lowest BCUT2D eigenvalue weighted by Gasteiger charge is -2.08. The fraction of sp³-hybridized carbons (Fsp3) is 0.0588. The second-order valence-corrected chi connectivity index (χ2v) is 5.64. The quantitative estimate of drug-likeness (QED) is 0.800. The van der Waals surface area contributed by atoms with Crippen LogP contribution < -0.4 is 5.73 Å². The molecular weight excluding hydrogens is 280 g/mol. The smallest absolute Gasteiger partial charge is 0.249 e. The molecule has 2 aromatic carbocycles. The lowest BCUT2D eigenvalue weighted by molar-refractivity contribution is 0.100. The van der Waals surface area contributed by atoms with Gasteiger partial charge in [-0.05, 0) is 23.6 Å². The number of benzene rings is 2. The maximum absolute atomic E-state index is 11.7.